The highest BCUT2D eigenvalue weighted by Crippen LogP contribution is 2.33. The lowest BCUT2D eigenvalue weighted by Gasteiger charge is -2.09. The molecule has 1 saturated carbocycles. The van der Waals surface area contributed by atoms with Gasteiger partial charge in [-0.3, -0.25) is 0 Å². The summed E-state index contributed by atoms with van der Waals surface area (Å²) in [7, 11) is 0. The molecule has 0 atom stereocenters. The molecule has 0 amide bonds. The van der Waals surface area contributed by atoms with Crippen molar-refractivity contribution >= 4 is 21.6 Å². The largest absolute Gasteiger partial charge is 0.491 e. The summed E-state index contributed by atoms with van der Waals surface area (Å²) in [6, 6.07) is 2.86. The van der Waals surface area contributed by atoms with Crippen molar-refractivity contribution in [1.82, 2.24) is 0 Å². The summed E-state index contributed by atoms with van der Waals surface area (Å²) in [4.78, 5) is 0. The summed E-state index contributed by atoms with van der Waals surface area (Å²) in [6.07, 6.45) is 3.64. The Balaban J connectivity index is 1.96. The van der Waals surface area contributed by atoms with Crippen LogP contribution in [0.15, 0.2) is 16.6 Å². The molecule has 1 aromatic carbocycles. The molecule has 0 heterocycles. The van der Waals surface area contributed by atoms with E-state index < -0.39 is 0 Å². The van der Waals surface area contributed by atoms with E-state index >= 15 is 0 Å². The Hall–Kier alpha value is -0.770. The van der Waals surface area contributed by atoms with Crippen LogP contribution in [0.25, 0.3) is 0 Å². The lowest BCUT2D eigenvalue weighted by molar-refractivity contribution is 0.302. The van der Waals surface area contributed by atoms with Crippen molar-refractivity contribution in [2.75, 3.05) is 12.3 Å². The van der Waals surface area contributed by atoms with Gasteiger partial charge in [0.2, 0.25) is 0 Å². The predicted octanol–water partition coefficient (Wildman–Crippen LogP) is 3.35. The van der Waals surface area contributed by atoms with Crippen LogP contribution in [0.5, 0.6) is 5.75 Å². The molecule has 0 saturated heterocycles. The van der Waals surface area contributed by atoms with Crippen molar-refractivity contribution < 1.29 is 9.13 Å². The molecule has 0 spiro atoms. The molecule has 2 nitrogen and oxygen atoms in total. The van der Waals surface area contributed by atoms with Crippen LogP contribution in [0, 0.1) is 11.7 Å². The van der Waals surface area contributed by atoms with Crippen molar-refractivity contribution in [3.8, 4) is 5.75 Å². The third-order valence-electron chi connectivity index (χ3n) is 2.53. The number of rotatable bonds is 4. The Labute approximate surface area is 96.7 Å². The minimum Gasteiger partial charge on any atom is -0.491 e. The average Bonchev–Trinajstić information content (AvgIpc) is 2.97. The van der Waals surface area contributed by atoms with Crippen LogP contribution in [0.2, 0.25) is 0 Å². The van der Waals surface area contributed by atoms with Crippen LogP contribution in [-0.4, -0.2) is 6.61 Å². The van der Waals surface area contributed by atoms with E-state index in [1.807, 2.05) is 0 Å². The van der Waals surface area contributed by atoms with Gasteiger partial charge in [-0.05, 0) is 34.3 Å². The quantitative estimate of drug-likeness (QED) is 0.854. The minimum atomic E-state index is -0.342. The second-order valence-electron chi connectivity index (χ2n) is 3.88. The van der Waals surface area contributed by atoms with Crippen LogP contribution in [-0.2, 0) is 0 Å². The van der Waals surface area contributed by atoms with Gasteiger partial charge in [0.05, 0.1) is 16.8 Å². The van der Waals surface area contributed by atoms with E-state index in [4.69, 9.17) is 10.5 Å². The van der Waals surface area contributed by atoms with E-state index in [2.05, 4.69) is 15.9 Å². The Bertz CT molecular complexity index is 366. The molecule has 82 valence electrons. The maximum Gasteiger partial charge on any atom is 0.145 e. The van der Waals surface area contributed by atoms with E-state index in [0.717, 1.165) is 12.3 Å². The van der Waals surface area contributed by atoms with Crippen LogP contribution < -0.4 is 10.5 Å². The van der Waals surface area contributed by atoms with Crippen molar-refractivity contribution in [3.63, 3.8) is 0 Å². The van der Waals surface area contributed by atoms with Gasteiger partial charge >= 0.3 is 0 Å². The first-order chi connectivity index (χ1) is 7.16. The monoisotopic (exact) mass is 273 g/mol. The fourth-order valence-corrected chi connectivity index (χ4v) is 1.77. The molecule has 1 fully saturated rings. The fraction of sp³-hybridized carbons (Fsp3) is 0.455. The van der Waals surface area contributed by atoms with Gasteiger partial charge in [-0.1, -0.05) is 12.8 Å². The molecule has 2 rings (SSSR count). The van der Waals surface area contributed by atoms with Gasteiger partial charge in [0.1, 0.15) is 11.6 Å². The van der Waals surface area contributed by atoms with E-state index in [1.165, 1.54) is 25.0 Å². The normalized spacial score (nSPS) is 15.3. The number of anilines is 1. The fourth-order valence-electron chi connectivity index (χ4n) is 1.41. The summed E-state index contributed by atoms with van der Waals surface area (Å²) in [5, 5.41) is 0. The topological polar surface area (TPSA) is 35.2 Å². The highest BCUT2D eigenvalue weighted by atomic mass is 79.9. The van der Waals surface area contributed by atoms with Gasteiger partial charge in [-0.15, -0.1) is 0 Å². The third kappa shape index (κ3) is 2.84. The first-order valence-corrected chi connectivity index (χ1v) is 5.83. The maximum absolute atomic E-state index is 13.2. The first-order valence-electron chi connectivity index (χ1n) is 5.04. The Morgan fingerprint density at radius 3 is 2.87 bits per heavy atom. The molecule has 0 radical (unpaired) electrons. The van der Waals surface area contributed by atoms with Gasteiger partial charge in [-0.2, -0.15) is 0 Å². The van der Waals surface area contributed by atoms with Crippen molar-refractivity contribution in [1.29, 1.82) is 0 Å². The van der Waals surface area contributed by atoms with E-state index in [1.54, 1.807) is 0 Å². The molecule has 0 bridgehead atoms. The Morgan fingerprint density at radius 2 is 2.20 bits per heavy atom. The second-order valence-corrected chi connectivity index (χ2v) is 4.74. The summed E-state index contributed by atoms with van der Waals surface area (Å²) in [6.45, 7) is 0.621. The Morgan fingerprint density at radius 1 is 1.47 bits per heavy atom. The van der Waals surface area contributed by atoms with Crippen molar-refractivity contribution in [2.24, 2.45) is 5.92 Å². The lowest BCUT2D eigenvalue weighted by Crippen LogP contribution is -2.01. The molecule has 1 aliphatic rings. The van der Waals surface area contributed by atoms with Gasteiger partial charge in [0, 0.05) is 6.07 Å². The highest BCUT2D eigenvalue weighted by molar-refractivity contribution is 9.10. The zero-order valence-electron chi connectivity index (χ0n) is 8.30. The SMILES string of the molecule is Nc1cc(Br)c(F)cc1OCCC1CC1. The number of hydrogen-bond acceptors (Lipinski definition) is 2. The molecule has 15 heavy (non-hydrogen) atoms. The number of hydrogen-bond donors (Lipinski definition) is 1. The van der Waals surface area contributed by atoms with Gasteiger partial charge in [-0.25, -0.2) is 4.39 Å². The zero-order valence-corrected chi connectivity index (χ0v) is 9.89. The third-order valence-corrected chi connectivity index (χ3v) is 3.14. The van der Waals surface area contributed by atoms with E-state index in [0.29, 0.717) is 22.5 Å². The number of ether oxygens (including phenoxy) is 1. The molecule has 1 aromatic rings. The number of benzene rings is 1. The highest BCUT2D eigenvalue weighted by Gasteiger charge is 2.20. The molecular weight excluding hydrogens is 261 g/mol. The molecule has 0 aliphatic heterocycles. The maximum atomic E-state index is 13.2. The van der Waals surface area contributed by atoms with Gasteiger partial charge in [0.25, 0.3) is 0 Å². The van der Waals surface area contributed by atoms with Crippen LogP contribution >= 0.6 is 15.9 Å². The van der Waals surface area contributed by atoms with E-state index in [-0.39, 0.29) is 5.82 Å². The predicted molar refractivity (Wildman–Crippen MR) is 61.3 cm³/mol. The minimum absolute atomic E-state index is 0.342. The van der Waals surface area contributed by atoms with Crippen LogP contribution in [0.4, 0.5) is 10.1 Å². The summed E-state index contributed by atoms with van der Waals surface area (Å²) in [5.41, 5.74) is 6.17. The summed E-state index contributed by atoms with van der Waals surface area (Å²) in [5.74, 6) is 0.911. The van der Waals surface area contributed by atoms with Crippen molar-refractivity contribution in [2.45, 2.75) is 19.3 Å². The van der Waals surface area contributed by atoms with E-state index in [9.17, 15) is 4.39 Å². The number of nitrogen functional groups attached to an aromatic ring is 1. The molecule has 1 aliphatic carbocycles. The number of nitrogens with two attached hydrogens (primary N) is 1. The van der Waals surface area contributed by atoms with Gasteiger partial charge in [0.15, 0.2) is 0 Å². The molecular formula is C11H13BrFNO. The molecule has 0 unspecified atom stereocenters. The summed E-state index contributed by atoms with van der Waals surface area (Å²) >= 11 is 3.07. The van der Waals surface area contributed by atoms with Gasteiger partial charge < -0.3 is 10.5 Å². The molecule has 4 heteroatoms. The zero-order chi connectivity index (χ0) is 10.8. The van der Waals surface area contributed by atoms with Crippen LogP contribution in [0.3, 0.4) is 0 Å². The van der Waals surface area contributed by atoms with Crippen molar-refractivity contribution in [3.05, 3.63) is 22.4 Å². The summed E-state index contributed by atoms with van der Waals surface area (Å²) < 4.78 is 19.0. The Kier molecular flexibility index (Phi) is 3.14. The number of halogens is 2. The second kappa shape index (κ2) is 4.39. The smallest absolute Gasteiger partial charge is 0.145 e. The molecule has 2 N–H and O–H groups in total. The standard InChI is InChI=1S/C11H13BrFNO/c12-8-5-10(14)11(6-9(8)13)15-4-3-7-1-2-7/h5-7H,1-4,14H2. The first kappa shape index (κ1) is 10.7. The average molecular weight is 274 g/mol. The molecule has 0 aromatic heterocycles. The lowest BCUT2D eigenvalue weighted by atomic mass is 10.3. The van der Waals surface area contributed by atoms with Crippen LogP contribution in [0.1, 0.15) is 19.3 Å².